The predicted molar refractivity (Wildman–Crippen MR) is 263 cm³/mol. The monoisotopic (exact) mass is 980 g/mol. The minimum absolute atomic E-state index is 0.0370. The third-order valence-corrected chi connectivity index (χ3v) is 15.0. The molecular formula is C54H60ClF3N6O6. The zero-order chi connectivity index (χ0) is 49.8. The van der Waals surface area contributed by atoms with Gasteiger partial charge in [0.15, 0.2) is 5.82 Å². The molecule has 2 amide bonds. The van der Waals surface area contributed by atoms with Crippen molar-refractivity contribution in [1.29, 1.82) is 0 Å². The average Bonchev–Trinajstić information content (AvgIpc) is 3.65. The lowest BCUT2D eigenvalue weighted by Gasteiger charge is -2.51. The fourth-order valence-electron chi connectivity index (χ4n) is 11.3. The molecule has 0 unspecified atom stereocenters. The molecule has 3 atom stereocenters. The van der Waals surface area contributed by atoms with E-state index >= 15 is 0 Å². The Labute approximate surface area is 412 Å². The summed E-state index contributed by atoms with van der Waals surface area (Å²) in [4.78, 5) is 58.3. The van der Waals surface area contributed by atoms with Gasteiger partial charge in [0.2, 0.25) is 0 Å². The van der Waals surface area contributed by atoms with Gasteiger partial charge in [0, 0.05) is 59.6 Å². The van der Waals surface area contributed by atoms with E-state index in [1.807, 2.05) is 66.4 Å². The van der Waals surface area contributed by atoms with Crippen molar-refractivity contribution in [3.63, 3.8) is 0 Å². The lowest BCUT2D eigenvalue weighted by Crippen LogP contribution is -2.63. The van der Waals surface area contributed by atoms with E-state index in [4.69, 9.17) is 30.8 Å². The number of aromatic nitrogens is 3. The second kappa shape index (κ2) is 21.0. The van der Waals surface area contributed by atoms with E-state index < -0.39 is 29.0 Å². The zero-order valence-corrected chi connectivity index (χ0v) is 41.0. The number of ether oxygens (including phenoxy) is 3. The molecule has 16 heteroatoms. The van der Waals surface area contributed by atoms with Gasteiger partial charge in [0.05, 0.1) is 26.4 Å². The van der Waals surface area contributed by atoms with Crippen molar-refractivity contribution in [2.75, 3.05) is 50.3 Å². The number of aryl methyl sites for hydroxylation is 1. The number of pyridine rings is 1. The Balaban J connectivity index is 1.07. The molecule has 1 N–H and O–H groups in total. The molecule has 0 aliphatic heterocycles. The fourth-order valence-corrected chi connectivity index (χ4v) is 11.5. The van der Waals surface area contributed by atoms with Gasteiger partial charge < -0.3 is 24.4 Å². The Kier molecular flexibility index (Phi) is 15.1. The molecule has 1 spiro atoms. The van der Waals surface area contributed by atoms with Crippen LogP contribution in [0.15, 0.2) is 91.3 Å². The predicted octanol–water partition coefficient (Wildman–Crippen LogP) is 10.5. The van der Waals surface area contributed by atoms with Gasteiger partial charge in [-0.1, -0.05) is 49.7 Å². The number of carbonyl (C=O) groups excluding carboxylic acids is 3. The number of benzene rings is 3. The number of anilines is 2. The number of amides is 2. The molecule has 2 heterocycles. The quantitative estimate of drug-likeness (QED) is 0.0952. The van der Waals surface area contributed by atoms with E-state index in [-0.39, 0.29) is 54.1 Å². The van der Waals surface area contributed by atoms with Gasteiger partial charge >= 0.3 is 18.1 Å². The number of carbonyl (C=O) groups is 3. The number of rotatable bonds is 16. The Hall–Kier alpha value is -6.22. The first-order valence-electron chi connectivity index (χ1n) is 24.1. The summed E-state index contributed by atoms with van der Waals surface area (Å²) < 4.78 is 61.2. The molecule has 8 rings (SSSR count). The summed E-state index contributed by atoms with van der Waals surface area (Å²) in [6.07, 6.45) is 2.79. The summed E-state index contributed by atoms with van der Waals surface area (Å²) >= 11 is 6.30. The van der Waals surface area contributed by atoms with Crippen LogP contribution in [0.25, 0.3) is 11.4 Å². The molecule has 3 aromatic carbocycles. The van der Waals surface area contributed by atoms with Crippen molar-refractivity contribution in [1.82, 2.24) is 20.3 Å². The lowest BCUT2D eigenvalue weighted by molar-refractivity contribution is -0.174. The largest absolute Gasteiger partial charge is 0.496 e. The van der Waals surface area contributed by atoms with Crippen LogP contribution < -0.4 is 24.6 Å². The van der Waals surface area contributed by atoms with Crippen LogP contribution in [-0.2, 0) is 32.6 Å². The van der Waals surface area contributed by atoms with Crippen LogP contribution in [0.1, 0.15) is 104 Å². The van der Waals surface area contributed by atoms with Crippen molar-refractivity contribution in [3.8, 4) is 22.9 Å². The molecule has 2 aromatic heterocycles. The molecule has 5 aromatic rings. The van der Waals surface area contributed by atoms with Crippen LogP contribution in [0.3, 0.4) is 0 Å². The summed E-state index contributed by atoms with van der Waals surface area (Å²) in [5, 5.41) is 3.20. The zero-order valence-electron chi connectivity index (χ0n) is 40.3. The van der Waals surface area contributed by atoms with E-state index in [1.165, 1.54) is 24.3 Å². The Morgan fingerprint density at radius 1 is 0.943 bits per heavy atom. The minimum atomic E-state index is -5.31. The summed E-state index contributed by atoms with van der Waals surface area (Å²) in [6.45, 7) is 8.16. The number of nitrogens with one attached hydrogen (secondary N) is 1. The van der Waals surface area contributed by atoms with Crippen molar-refractivity contribution in [2.45, 2.75) is 102 Å². The molecule has 12 nitrogen and oxygen atoms in total. The van der Waals surface area contributed by atoms with Crippen LogP contribution >= 0.6 is 11.6 Å². The number of nitrogens with zero attached hydrogens (tertiary/aromatic N) is 5. The summed E-state index contributed by atoms with van der Waals surface area (Å²) in [6, 6.07) is 22.5. The molecule has 3 aliphatic carbocycles. The highest BCUT2D eigenvalue weighted by Crippen LogP contribution is 2.58. The first-order valence-corrected chi connectivity index (χ1v) is 24.5. The van der Waals surface area contributed by atoms with Crippen LogP contribution in [0.2, 0.25) is 5.02 Å². The molecular weight excluding hydrogens is 921 g/mol. The SMILES string of the molecule is CCN(CCNC(=O)c1ccc2c(c1)C1(CCC(C(=O)OC)(N(C(=O)C(F)(F)F)c3cccc(Cl)c3)CC1)[C@@H](C[C@@H](C)COc1ccnc3c1[C@H](C)CCC3)C2)c1ccnc(-c2ccccc2OC)n1. The number of fused-ring (bicyclic) bond motifs is 3. The van der Waals surface area contributed by atoms with Gasteiger partial charge in [-0.05, 0) is 154 Å². The molecule has 70 heavy (non-hydrogen) atoms. The first-order chi connectivity index (χ1) is 33.6. The third-order valence-electron chi connectivity index (χ3n) is 14.8. The van der Waals surface area contributed by atoms with Gasteiger partial charge in [-0.3, -0.25) is 19.5 Å². The van der Waals surface area contributed by atoms with Crippen molar-refractivity contribution < 1.29 is 41.8 Å². The Morgan fingerprint density at radius 3 is 2.44 bits per heavy atom. The number of para-hydroxylation sites is 1. The van der Waals surface area contributed by atoms with E-state index in [0.29, 0.717) is 72.9 Å². The molecule has 370 valence electrons. The normalized spacial score (nSPS) is 21.0. The van der Waals surface area contributed by atoms with Gasteiger partial charge in [0.25, 0.3) is 5.91 Å². The first kappa shape index (κ1) is 50.2. The maximum absolute atomic E-state index is 14.6. The van der Waals surface area contributed by atoms with Crippen LogP contribution in [0.4, 0.5) is 24.7 Å². The van der Waals surface area contributed by atoms with Crippen molar-refractivity contribution in [3.05, 3.63) is 124 Å². The summed E-state index contributed by atoms with van der Waals surface area (Å²) in [7, 11) is 2.72. The Bertz CT molecular complexity index is 2710. The number of methoxy groups -OCH3 is 2. The number of esters is 1. The number of alkyl halides is 3. The van der Waals surface area contributed by atoms with E-state index in [2.05, 4.69) is 29.1 Å². The second-order valence-corrected chi connectivity index (χ2v) is 19.4. The lowest BCUT2D eigenvalue weighted by atomic mass is 9.59. The minimum Gasteiger partial charge on any atom is -0.496 e. The second-order valence-electron chi connectivity index (χ2n) is 19.0. The van der Waals surface area contributed by atoms with Crippen molar-refractivity contribution >= 4 is 40.9 Å². The number of halogens is 4. The number of likely N-dealkylation sites (N-methyl/N-ethyl adjacent to an activating group) is 1. The number of hydrogen-bond donors (Lipinski definition) is 1. The fraction of sp³-hybridized carbons (Fsp3) is 0.444. The average molecular weight is 982 g/mol. The highest BCUT2D eigenvalue weighted by Gasteiger charge is 2.60. The van der Waals surface area contributed by atoms with Crippen molar-refractivity contribution in [2.24, 2.45) is 11.8 Å². The standard InChI is InChI=1S/C54H60ClF3N6O6/c1-6-63(46-20-26-60-48(62-46)41-14-7-8-16-44(41)68-4)28-27-61-49(65)37-18-17-36-30-38(29-34(2)33-70-45-19-25-59-43-15-9-11-35(3)47(43)45)52(42(36)31-37)21-23-53(24-22-52,51(67)69-5)64(50(66)54(56,57)58)40-13-10-12-39(55)32-40/h7-8,10,12-14,16-20,25-26,31-32,34-35,38H,6,9,11,15,21-24,27-30,33H2,1-5H3,(H,61,65)/t34-,35-,38+,52?,53?/m1/s1. The van der Waals surface area contributed by atoms with Gasteiger partial charge in [-0.15, -0.1) is 0 Å². The molecule has 0 radical (unpaired) electrons. The van der Waals surface area contributed by atoms with Crippen LogP contribution in [-0.4, -0.2) is 84.9 Å². The van der Waals surface area contributed by atoms with Crippen LogP contribution in [0.5, 0.6) is 11.5 Å². The smallest absolute Gasteiger partial charge is 0.471 e. The highest BCUT2D eigenvalue weighted by atomic mass is 35.5. The maximum atomic E-state index is 14.6. The van der Waals surface area contributed by atoms with E-state index in [1.54, 1.807) is 19.5 Å². The summed E-state index contributed by atoms with van der Waals surface area (Å²) in [5.74, 6) is -0.366. The van der Waals surface area contributed by atoms with Gasteiger partial charge in [-0.25, -0.2) is 14.8 Å². The molecule has 0 saturated heterocycles. The maximum Gasteiger partial charge on any atom is 0.471 e. The molecule has 3 aliphatic rings. The summed E-state index contributed by atoms with van der Waals surface area (Å²) in [5.41, 5.74) is 2.55. The van der Waals surface area contributed by atoms with Crippen LogP contribution in [0, 0.1) is 11.8 Å². The van der Waals surface area contributed by atoms with E-state index in [9.17, 15) is 27.6 Å². The third kappa shape index (κ3) is 10.0. The van der Waals surface area contributed by atoms with E-state index in [0.717, 1.165) is 60.1 Å². The molecule has 0 bridgehead atoms. The molecule has 1 saturated carbocycles. The number of hydrogen-bond acceptors (Lipinski definition) is 10. The van der Waals surface area contributed by atoms with Gasteiger partial charge in [0.1, 0.15) is 22.9 Å². The van der Waals surface area contributed by atoms with Gasteiger partial charge in [-0.2, -0.15) is 13.2 Å². The topological polar surface area (TPSA) is 136 Å². The Morgan fingerprint density at radius 2 is 1.71 bits per heavy atom. The molecule has 1 fully saturated rings. The highest BCUT2D eigenvalue weighted by molar-refractivity contribution is 6.31.